The molecule has 2 aliphatic heterocycles. The molecule has 1 atom stereocenters. The van der Waals surface area contributed by atoms with Crippen LogP contribution < -0.4 is 5.32 Å². The quantitative estimate of drug-likeness (QED) is 0.871. The minimum Gasteiger partial charge on any atom is -0.302 e. The molecule has 18 heavy (non-hydrogen) atoms. The molecular formula is C15H23N3. The molecular weight excluding hydrogens is 222 g/mol. The maximum Gasteiger partial charge on any atom is 0.0598 e. The fourth-order valence-corrected chi connectivity index (χ4v) is 3.05. The zero-order chi connectivity index (χ0) is 12.2. The second-order valence-electron chi connectivity index (χ2n) is 5.41. The molecule has 0 aliphatic carbocycles. The molecule has 1 aromatic carbocycles. The van der Waals surface area contributed by atoms with E-state index in [1.54, 1.807) is 0 Å². The number of piperazine rings is 1. The Bertz CT molecular complexity index is 351. The van der Waals surface area contributed by atoms with Crippen LogP contribution >= 0.6 is 0 Å². The summed E-state index contributed by atoms with van der Waals surface area (Å²) in [5, 5.41) is 3.60. The van der Waals surface area contributed by atoms with Crippen molar-refractivity contribution in [2.45, 2.75) is 25.6 Å². The van der Waals surface area contributed by atoms with E-state index in [4.69, 9.17) is 0 Å². The van der Waals surface area contributed by atoms with E-state index >= 15 is 0 Å². The minimum absolute atomic E-state index is 0.656. The van der Waals surface area contributed by atoms with E-state index in [2.05, 4.69) is 45.4 Å². The molecule has 1 N–H and O–H groups in total. The minimum atomic E-state index is 0.656. The van der Waals surface area contributed by atoms with Crippen molar-refractivity contribution in [1.82, 2.24) is 15.1 Å². The van der Waals surface area contributed by atoms with E-state index in [0.717, 1.165) is 6.54 Å². The summed E-state index contributed by atoms with van der Waals surface area (Å²) in [5.74, 6) is 0. The summed E-state index contributed by atoms with van der Waals surface area (Å²) in [6.45, 7) is 7.14. The third kappa shape index (κ3) is 2.91. The molecule has 2 saturated heterocycles. The van der Waals surface area contributed by atoms with Crippen LogP contribution in [0.2, 0.25) is 0 Å². The van der Waals surface area contributed by atoms with E-state index < -0.39 is 0 Å². The monoisotopic (exact) mass is 245 g/mol. The third-order valence-corrected chi connectivity index (χ3v) is 4.13. The summed E-state index contributed by atoms with van der Waals surface area (Å²) < 4.78 is 0. The van der Waals surface area contributed by atoms with Gasteiger partial charge >= 0.3 is 0 Å². The van der Waals surface area contributed by atoms with Gasteiger partial charge in [-0.3, -0.25) is 9.80 Å². The van der Waals surface area contributed by atoms with Gasteiger partial charge in [-0.2, -0.15) is 0 Å². The first kappa shape index (κ1) is 12.2. The van der Waals surface area contributed by atoms with Crippen molar-refractivity contribution in [2.24, 2.45) is 0 Å². The highest BCUT2D eigenvalue weighted by Crippen LogP contribution is 2.14. The van der Waals surface area contributed by atoms with Gasteiger partial charge in [-0.15, -0.1) is 0 Å². The molecule has 0 unspecified atom stereocenters. The maximum absolute atomic E-state index is 3.60. The molecule has 2 aliphatic rings. The highest BCUT2D eigenvalue weighted by Gasteiger charge is 2.25. The van der Waals surface area contributed by atoms with Crippen LogP contribution in [0.5, 0.6) is 0 Å². The summed E-state index contributed by atoms with van der Waals surface area (Å²) in [6, 6.07) is 10.8. The lowest BCUT2D eigenvalue weighted by molar-refractivity contribution is 0.0856. The van der Waals surface area contributed by atoms with Gasteiger partial charge in [0.15, 0.2) is 0 Å². The number of rotatable bonds is 3. The van der Waals surface area contributed by atoms with Crippen LogP contribution in [0.3, 0.4) is 0 Å². The van der Waals surface area contributed by atoms with Gasteiger partial charge in [0.05, 0.1) is 6.17 Å². The lowest BCUT2D eigenvalue weighted by atomic mass is 10.2. The van der Waals surface area contributed by atoms with E-state index in [0.29, 0.717) is 6.17 Å². The van der Waals surface area contributed by atoms with Crippen molar-refractivity contribution in [3.05, 3.63) is 35.9 Å². The summed E-state index contributed by atoms with van der Waals surface area (Å²) >= 11 is 0. The van der Waals surface area contributed by atoms with Gasteiger partial charge < -0.3 is 5.32 Å². The van der Waals surface area contributed by atoms with Crippen LogP contribution in [0, 0.1) is 0 Å². The second-order valence-corrected chi connectivity index (χ2v) is 5.41. The predicted molar refractivity (Wildman–Crippen MR) is 74.3 cm³/mol. The van der Waals surface area contributed by atoms with Gasteiger partial charge in [-0.25, -0.2) is 0 Å². The molecule has 3 nitrogen and oxygen atoms in total. The van der Waals surface area contributed by atoms with Crippen molar-refractivity contribution in [3.8, 4) is 0 Å². The Kier molecular flexibility index (Phi) is 3.93. The molecule has 0 radical (unpaired) electrons. The normalized spacial score (nSPS) is 26.6. The Morgan fingerprint density at radius 3 is 2.50 bits per heavy atom. The molecule has 3 rings (SSSR count). The average Bonchev–Trinajstić information content (AvgIpc) is 2.95. The number of nitrogens with zero attached hydrogens (tertiary/aromatic N) is 2. The highest BCUT2D eigenvalue weighted by atomic mass is 15.3. The van der Waals surface area contributed by atoms with Crippen LogP contribution in [0.1, 0.15) is 18.4 Å². The average molecular weight is 245 g/mol. The van der Waals surface area contributed by atoms with Crippen LogP contribution in [0.25, 0.3) is 0 Å². The topological polar surface area (TPSA) is 18.5 Å². The van der Waals surface area contributed by atoms with Gasteiger partial charge in [0.2, 0.25) is 0 Å². The molecule has 0 aromatic heterocycles. The predicted octanol–water partition coefficient (Wildman–Crippen LogP) is 1.51. The van der Waals surface area contributed by atoms with Crippen LogP contribution in [-0.2, 0) is 6.54 Å². The second kappa shape index (κ2) is 5.83. The lowest BCUT2D eigenvalue weighted by Crippen LogP contribution is -2.52. The standard InChI is InChI=1S/C15H23N3/c1-2-5-14(6-3-1)13-17-9-11-18(12-10-17)15-7-4-8-16-15/h1-3,5-6,15-16H,4,7-13H2/t15-/m0/s1. The van der Waals surface area contributed by atoms with Crippen molar-refractivity contribution >= 4 is 0 Å². The first-order valence-corrected chi connectivity index (χ1v) is 7.15. The number of hydrogen-bond acceptors (Lipinski definition) is 3. The maximum atomic E-state index is 3.60. The van der Waals surface area contributed by atoms with Gasteiger partial charge in [0, 0.05) is 32.7 Å². The van der Waals surface area contributed by atoms with E-state index in [-0.39, 0.29) is 0 Å². The Morgan fingerprint density at radius 2 is 1.83 bits per heavy atom. The summed E-state index contributed by atoms with van der Waals surface area (Å²) in [4.78, 5) is 5.19. The highest BCUT2D eigenvalue weighted by molar-refractivity contribution is 5.14. The van der Waals surface area contributed by atoms with Crippen molar-refractivity contribution in [3.63, 3.8) is 0 Å². The first-order chi connectivity index (χ1) is 8.92. The molecule has 98 valence electrons. The van der Waals surface area contributed by atoms with Crippen molar-refractivity contribution in [2.75, 3.05) is 32.7 Å². The van der Waals surface area contributed by atoms with E-state index in [1.165, 1.54) is 51.1 Å². The van der Waals surface area contributed by atoms with Gasteiger partial charge in [0.25, 0.3) is 0 Å². The van der Waals surface area contributed by atoms with E-state index in [9.17, 15) is 0 Å². The summed E-state index contributed by atoms with van der Waals surface area (Å²) in [7, 11) is 0. The van der Waals surface area contributed by atoms with Gasteiger partial charge in [0.1, 0.15) is 0 Å². The third-order valence-electron chi connectivity index (χ3n) is 4.13. The fraction of sp³-hybridized carbons (Fsp3) is 0.600. The molecule has 0 spiro atoms. The Morgan fingerprint density at radius 1 is 1.06 bits per heavy atom. The molecule has 0 bridgehead atoms. The molecule has 3 heteroatoms. The molecule has 0 saturated carbocycles. The SMILES string of the molecule is c1ccc(CN2CCN([C@H]3CCCN3)CC2)cc1. The first-order valence-electron chi connectivity index (χ1n) is 7.15. The van der Waals surface area contributed by atoms with Gasteiger partial charge in [-0.05, 0) is 24.9 Å². The Balaban J connectivity index is 1.48. The number of benzene rings is 1. The smallest absolute Gasteiger partial charge is 0.0598 e. The number of nitrogens with one attached hydrogen (secondary N) is 1. The van der Waals surface area contributed by atoms with Crippen LogP contribution in [0.4, 0.5) is 0 Å². The summed E-state index contributed by atoms with van der Waals surface area (Å²) in [5.41, 5.74) is 1.44. The van der Waals surface area contributed by atoms with Crippen LogP contribution in [0.15, 0.2) is 30.3 Å². The zero-order valence-corrected chi connectivity index (χ0v) is 11.0. The van der Waals surface area contributed by atoms with Gasteiger partial charge in [-0.1, -0.05) is 30.3 Å². The summed E-state index contributed by atoms with van der Waals surface area (Å²) in [6.07, 6.45) is 3.33. The zero-order valence-electron chi connectivity index (χ0n) is 11.0. The lowest BCUT2D eigenvalue weighted by Gasteiger charge is -2.38. The van der Waals surface area contributed by atoms with Crippen molar-refractivity contribution in [1.29, 1.82) is 0 Å². The molecule has 2 fully saturated rings. The molecule has 2 heterocycles. The van der Waals surface area contributed by atoms with Crippen LogP contribution in [-0.4, -0.2) is 48.7 Å². The largest absolute Gasteiger partial charge is 0.302 e. The Labute approximate surface area is 110 Å². The fourth-order valence-electron chi connectivity index (χ4n) is 3.05. The Hall–Kier alpha value is -0.900. The van der Waals surface area contributed by atoms with Crippen molar-refractivity contribution < 1.29 is 0 Å². The molecule has 1 aromatic rings. The van der Waals surface area contributed by atoms with E-state index in [1.807, 2.05) is 0 Å². The number of hydrogen-bond donors (Lipinski definition) is 1. The molecule has 0 amide bonds.